The minimum absolute atomic E-state index is 0.289. The van der Waals surface area contributed by atoms with Gasteiger partial charge >= 0.3 is 0 Å². The van der Waals surface area contributed by atoms with E-state index in [0.29, 0.717) is 33.8 Å². The van der Waals surface area contributed by atoms with Gasteiger partial charge in [-0.2, -0.15) is 9.78 Å². The quantitative estimate of drug-likeness (QED) is 0.243. The highest BCUT2D eigenvalue weighted by molar-refractivity contribution is 9.10. The van der Waals surface area contributed by atoms with Crippen molar-refractivity contribution in [3.8, 4) is 17.3 Å². The van der Waals surface area contributed by atoms with Crippen molar-refractivity contribution in [1.82, 2.24) is 9.66 Å². The van der Waals surface area contributed by atoms with Crippen LogP contribution >= 0.6 is 15.9 Å². The Morgan fingerprint density at radius 3 is 2.60 bits per heavy atom. The monoisotopic (exact) mass is 523 g/mol. The van der Waals surface area contributed by atoms with E-state index in [9.17, 15) is 4.79 Å². The maximum absolute atomic E-state index is 13.6. The number of benzene rings is 4. The molecule has 0 saturated carbocycles. The number of rotatable bonds is 4. The van der Waals surface area contributed by atoms with E-state index in [4.69, 9.17) is 14.1 Å². The van der Waals surface area contributed by atoms with Crippen LogP contribution in [0.1, 0.15) is 5.56 Å². The normalized spacial score (nSPS) is 11.7. The summed E-state index contributed by atoms with van der Waals surface area (Å²) in [5.74, 6) is 1.42. The van der Waals surface area contributed by atoms with Gasteiger partial charge in [0, 0.05) is 15.4 Å². The first-order chi connectivity index (χ1) is 17.1. The van der Waals surface area contributed by atoms with E-state index >= 15 is 0 Å². The Labute approximate surface area is 208 Å². The lowest BCUT2D eigenvalue weighted by molar-refractivity contribution is 0.415. The molecule has 0 aliphatic rings. The van der Waals surface area contributed by atoms with Gasteiger partial charge in [-0.05, 0) is 53.2 Å². The number of ether oxygens (including phenoxy) is 1. The first kappa shape index (κ1) is 21.3. The van der Waals surface area contributed by atoms with Crippen LogP contribution in [0.2, 0.25) is 0 Å². The molecule has 0 fully saturated rings. The van der Waals surface area contributed by atoms with Gasteiger partial charge < -0.3 is 9.15 Å². The molecule has 0 bridgehead atoms. The number of halogens is 1. The molecule has 4 aromatic carbocycles. The highest BCUT2D eigenvalue weighted by Crippen LogP contribution is 2.30. The molecule has 170 valence electrons. The number of hydrogen-bond acceptors (Lipinski definition) is 5. The fourth-order valence-corrected chi connectivity index (χ4v) is 4.60. The SMILES string of the molecule is COc1ccc2ccccc2c1C=Nn1c(-c2cc3cc(Br)ccc3o2)nc2ccccc2c1=O. The molecular weight excluding hydrogens is 506 g/mol. The van der Waals surface area contributed by atoms with Crippen LogP contribution in [0.5, 0.6) is 5.75 Å². The van der Waals surface area contributed by atoms with Gasteiger partial charge in [0.1, 0.15) is 11.3 Å². The highest BCUT2D eigenvalue weighted by Gasteiger charge is 2.17. The molecule has 6 aromatic rings. The summed E-state index contributed by atoms with van der Waals surface area (Å²) < 4.78 is 13.9. The number of hydrogen-bond donors (Lipinski definition) is 0. The Kier molecular flexibility index (Phi) is 5.19. The molecule has 0 N–H and O–H groups in total. The maximum atomic E-state index is 13.6. The van der Waals surface area contributed by atoms with Gasteiger partial charge in [-0.1, -0.05) is 58.4 Å². The van der Waals surface area contributed by atoms with Crippen molar-refractivity contribution < 1.29 is 9.15 Å². The molecule has 0 aliphatic carbocycles. The Hall–Kier alpha value is -4.23. The van der Waals surface area contributed by atoms with Gasteiger partial charge in [-0.3, -0.25) is 4.79 Å². The molecule has 0 saturated heterocycles. The number of furan rings is 1. The average Bonchev–Trinajstić information content (AvgIpc) is 3.31. The van der Waals surface area contributed by atoms with Crippen LogP contribution in [0.4, 0.5) is 0 Å². The second-order valence-corrected chi connectivity index (χ2v) is 8.93. The lowest BCUT2D eigenvalue weighted by Crippen LogP contribution is -2.20. The van der Waals surface area contributed by atoms with E-state index < -0.39 is 0 Å². The van der Waals surface area contributed by atoms with Crippen molar-refractivity contribution in [2.45, 2.75) is 0 Å². The van der Waals surface area contributed by atoms with Crippen LogP contribution < -0.4 is 10.3 Å². The topological polar surface area (TPSA) is 69.6 Å². The highest BCUT2D eigenvalue weighted by atomic mass is 79.9. The molecule has 0 spiro atoms. The lowest BCUT2D eigenvalue weighted by atomic mass is 10.0. The van der Waals surface area contributed by atoms with Crippen LogP contribution in [0, 0.1) is 0 Å². The number of aromatic nitrogens is 2. The van der Waals surface area contributed by atoms with Crippen molar-refractivity contribution in [2.75, 3.05) is 7.11 Å². The summed E-state index contributed by atoms with van der Waals surface area (Å²) in [7, 11) is 1.61. The summed E-state index contributed by atoms with van der Waals surface area (Å²) in [5.41, 5.74) is 1.74. The Morgan fingerprint density at radius 2 is 1.74 bits per heavy atom. The van der Waals surface area contributed by atoms with Crippen molar-refractivity contribution in [1.29, 1.82) is 0 Å². The molecule has 2 heterocycles. The second kappa shape index (κ2) is 8.52. The molecule has 0 amide bonds. The number of methoxy groups -OCH3 is 1. The number of fused-ring (bicyclic) bond motifs is 3. The summed E-state index contributed by atoms with van der Waals surface area (Å²) in [6, 6.07) is 26.6. The van der Waals surface area contributed by atoms with Gasteiger partial charge in [0.25, 0.3) is 5.56 Å². The average molecular weight is 524 g/mol. The van der Waals surface area contributed by atoms with Crippen molar-refractivity contribution in [3.05, 3.63) is 105 Å². The minimum Gasteiger partial charge on any atom is -0.496 e. The third-order valence-electron chi connectivity index (χ3n) is 5.91. The zero-order valence-corrected chi connectivity index (χ0v) is 20.2. The Morgan fingerprint density at radius 1 is 0.943 bits per heavy atom. The molecule has 0 atom stereocenters. The van der Waals surface area contributed by atoms with Crippen molar-refractivity contribution in [2.24, 2.45) is 5.10 Å². The van der Waals surface area contributed by atoms with Gasteiger partial charge in [0.05, 0.1) is 24.2 Å². The number of nitrogens with zero attached hydrogens (tertiary/aromatic N) is 3. The van der Waals surface area contributed by atoms with Crippen molar-refractivity contribution in [3.63, 3.8) is 0 Å². The third-order valence-corrected chi connectivity index (χ3v) is 6.40. The zero-order valence-electron chi connectivity index (χ0n) is 18.6. The molecular formula is C28H18BrN3O3. The van der Waals surface area contributed by atoms with E-state index in [2.05, 4.69) is 21.0 Å². The van der Waals surface area contributed by atoms with Gasteiger partial charge in [0.15, 0.2) is 5.76 Å². The lowest BCUT2D eigenvalue weighted by Gasteiger charge is -2.10. The Bertz CT molecular complexity index is 1840. The Balaban J connectivity index is 1.61. The number of para-hydroxylation sites is 1. The largest absolute Gasteiger partial charge is 0.496 e. The fourth-order valence-electron chi connectivity index (χ4n) is 4.22. The standard InChI is InChI=1S/C28H18BrN3O3/c1-34-25-12-10-17-6-2-3-7-20(17)22(25)16-30-32-27(31-23-9-5-4-8-21(23)28(32)33)26-15-18-14-19(29)11-13-24(18)35-26/h2-16H,1H3. The van der Waals surface area contributed by atoms with Crippen LogP contribution in [-0.4, -0.2) is 23.0 Å². The smallest absolute Gasteiger partial charge is 0.282 e. The molecule has 2 aromatic heterocycles. The molecule has 0 radical (unpaired) electrons. The summed E-state index contributed by atoms with van der Waals surface area (Å²) in [4.78, 5) is 18.3. The van der Waals surface area contributed by atoms with E-state index in [1.54, 1.807) is 25.5 Å². The summed E-state index contributed by atoms with van der Waals surface area (Å²) in [6.07, 6.45) is 1.64. The molecule has 35 heavy (non-hydrogen) atoms. The summed E-state index contributed by atoms with van der Waals surface area (Å²) in [5, 5.41) is 7.99. The van der Waals surface area contributed by atoms with Gasteiger partial charge in [-0.15, -0.1) is 0 Å². The summed E-state index contributed by atoms with van der Waals surface area (Å²) in [6.45, 7) is 0. The molecule has 6 nitrogen and oxygen atoms in total. The first-order valence-corrected chi connectivity index (χ1v) is 11.7. The van der Waals surface area contributed by atoms with Crippen LogP contribution in [0.3, 0.4) is 0 Å². The molecule has 0 aliphatic heterocycles. The molecule has 0 unspecified atom stereocenters. The van der Waals surface area contributed by atoms with Gasteiger partial charge in [-0.25, -0.2) is 4.98 Å². The fraction of sp³-hybridized carbons (Fsp3) is 0.0357. The molecule has 6 rings (SSSR count). The molecule has 7 heteroatoms. The second-order valence-electron chi connectivity index (χ2n) is 8.01. The van der Waals surface area contributed by atoms with E-state index in [0.717, 1.165) is 26.2 Å². The van der Waals surface area contributed by atoms with E-state index in [-0.39, 0.29) is 5.56 Å². The van der Waals surface area contributed by atoms with Crippen LogP contribution in [0.15, 0.2) is 104 Å². The predicted molar refractivity (Wildman–Crippen MR) is 142 cm³/mol. The third kappa shape index (κ3) is 3.70. The van der Waals surface area contributed by atoms with Gasteiger partial charge in [0.2, 0.25) is 5.82 Å². The van der Waals surface area contributed by atoms with E-state index in [1.165, 1.54) is 4.68 Å². The van der Waals surface area contributed by atoms with E-state index in [1.807, 2.05) is 72.8 Å². The van der Waals surface area contributed by atoms with Crippen LogP contribution in [-0.2, 0) is 0 Å². The minimum atomic E-state index is -0.289. The zero-order chi connectivity index (χ0) is 23.9. The predicted octanol–water partition coefficient (Wildman–Crippen LogP) is 6.62. The maximum Gasteiger partial charge on any atom is 0.282 e. The van der Waals surface area contributed by atoms with Crippen molar-refractivity contribution >= 4 is 54.8 Å². The first-order valence-electron chi connectivity index (χ1n) is 10.9. The van der Waals surface area contributed by atoms with Crippen LogP contribution in [0.25, 0.3) is 44.2 Å². The summed E-state index contributed by atoms with van der Waals surface area (Å²) >= 11 is 3.49.